The predicted octanol–water partition coefficient (Wildman–Crippen LogP) is 1.71. The molecule has 5 nitrogen and oxygen atoms in total. The molecule has 0 fully saturated rings. The van der Waals surface area contributed by atoms with Gasteiger partial charge in [-0.2, -0.15) is 8.42 Å². The Balaban J connectivity index is 0.00000364. The summed E-state index contributed by atoms with van der Waals surface area (Å²) in [5.41, 5.74) is 0.588. The van der Waals surface area contributed by atoms with Crippen LogP contribution in [0.4, 0.5) is 0 Å². The minimum Gasteiger partial charge on any atom is -0.872 e. The van der Waals surface area contributed by atoms with Crippen LogP contribution < -0.4 is 39.4 Å². The minimum atomic E-state index is -4.34. The third-order valence-corrected chi connectivity index (χ3v) is 5.11. The second-order valence-electron chi connectivity index (χ2n) is 6.34. The van der Waals surface area contributed by atoms with E-state index in [1.165, 1.54) is 49.6 Å². The molecule has 0 amide bonds. The molecule has 2 aromatic carbocycles. The van der Waals surface area contributed by atoms with E-state index in [1.54, 1.807) is 12.1 Å². The van der Waals surface area contributed by atoms with Crippen LogP contribution in [-0.4, -0.2) is 13.0 Å². The Bertz CT molecular complexity index is 804. The number of unbranched alkanes of at least 4 members (excludes halogenated alkanes) is 5. The first-order valence-electron chi connectivity index (χ1n) is 8.95. The number of hydrogen-bond donors (Lipinski definition) is 1. The molecule has 7 heteroatoms. The molecule has 0 saturated heterocycles. The summed E-state index contributed by atoms with van der Waals surface area (Å²) in [5.74, 6) is 0.586. The largest absolute Gasteiger partial charge is 1.00 e. The summed E-state index contributed by atoms with van der Waals surface area (Å²) in [6.45, 7) is 2.16. The Kier molecular flexibility index (Phi) is 10.4. The maximum atomic E-state index is 11.7. The molecule has 0 unspecified atom stereocenters. The fraction of sp³-hybridized carbons (Fsp3) is 0.400. The first kappa shape index (κ1) is 24.0. The van der Waals surface area contributed by atoms with Gasteiger partial charge in [0.05, 0.1) is 0 Å². The third-order valence-electron chi connectivity index (χ3n) is 4.18. The fourth-order valence-electron chi connectivity index (χ4n) is 2.78. The van der Waals surface area contributed by atoms with E-state index < -0.39 is 10.1 Å². The van der Waals surface area contributed by atoms with E-state index in [1.807, 2.05) is 0 Å². The van der Waals surface area contributed by atoms with E-state index >= 15 is 0 Å². The zero-order valence-corrected chi connectivity index (χ0v) is 18.8. The van der Waals surface area contributed by atoms with E-state index in [0.717, 1.165) is 19.3 Å². The predicted molar refractivity (Wildman–Crippen MR) is 99.3 cm³/mol. The summed E-state index contributed by atoms with van der Waals surface area (Å²) in [6, 6.07) is 10.4. The van der Waals surface area contributed by atoms with Crippen LogP contribution in [0.3, 0.4) is 0 Å². The van der Waals surface area contributed by atoms with Crippen molar-refractivity contribution in [3.8, 4) is 17.2 Å². The Morgan fingerprint density at radius 1 is 0.926 bits per heavy atom. The SMILES string of the molecule is CCCCCCCCc1ccc(Oc2ccc([O-])cc2)cc1S(=O)(=O)O.[Na+]. The maximum absolute atomic E-state index is 11.7. The summed E-state index contributed by atoms with van der Waals surface area (Å²) in [6.07, 6.45) is 7.22. The van der Waals surface area contributed by atoms with Crippen LogP contribution in [0.15, 0.2) is 47.4 Å². The monoisotopic (exact) mass is 400 g/mol. The molecule has 1 N–H and O–H groups in total. The van der Waals surface area contributed by atoms with Gasteiger partial charge in [-0.25, -0.2) is 0 Å². The van der Waals surface area contributed by atoms with Gasteiger partial charge in [-0.1, -0.05) is 57.2 Å². The van der Waals surface area contributed by atoms with Crippen molar-refractivity contribution in [1.29, 1.82) is 0 Å². The van der Waals surface area contributed by atoms with Gasteiger partial charge < -0.3 is 9.84 Å². The van der Waals surface area contributed by atoms with Gasteiger partial charge >= 0.3 is 29.6 Å². The van der Waals surface area contributed by atoms with Gasteiger partial charge in [-0.15, -0.1) is 5.75 Å². The number of rotatable bonds is 10. The molecular weight excluding hydrogens is 375 g/mol. The van der Waals surface area contributed by atoms with Gasteiger partial charge in [0.2, 0.25) is 0 Å². The second kappa shape index (κ2) is 11.7. The smallest absolute Gasteiger partial charge is 0.872 e. The molecule has 0 aliphatic heterocycles. The Labute approximate surface area is 183 Å². The quantitative estimate of drug-likeness (QED) is 0.373. The molecule has 0 spiro atoms. The molecule has 0 atom stereocenters. The standard InChI is InChI=1S/C20H26O5S.Na/c1-2-3-4-5-6-7-8-16-9-12-19(15-20(16)26(22,23)24)25-18-13-10-17(21)11-14-18;/h9-15,21H,2-8H2,1H3,(H,22,23,24);/q;+1/p-1. The summed E-state index contributed by atoms with van der Waals surface area (Å²) < 4.78 is 38.6. The molecule has 0 bridgehead atoms. The van der Waals surface area contributed by atoms with Crippen LogP contribution in [0.1, 0.15) is 51.0 Å². The van der Waals surface area contributed by atoms with Gasteiger partial charge in [0.15, 0.2) is 0 Å². The minimum absolute atomic E-state index is 0. The van der Waals surface area contributed by atoms with Crippen molar-refractivity contribution in [2.45, 2.75) is 56.8 Å². The van der Waals surface area contributed by atoms with Crippen LogP contribution in [-0.2, 0) is 16.5 Å². The number of hydrogen-bond acceptors (Lipinski definition) is 4. The van der Waals surface area contributed by atoms with Crippen molar-refractivity contribution in [3.63, 3.8) is 0 Å². The number of benzene rings is 2. The molecule has 2 aromatic rings. The molecule has 0 saturated carbocycles. The van der Waals surface area contributed by atoms with E-state index in [0.29, 0.717) is 23.5 Å². The van der Waals surface area contributed by atoms with Crippen LogP contribution in [0.5, 0.6) is 17.2 Å². The number of aryl methyl sites for hydroxylation is 1. The van der Waals surface area contributed by atoms with Crippen LogP contribution in [0.25, 0.3) is 0 Å². The summed E-state index contributed by atoms with van der Waals surface area (Å²) in [7, 11) is -4.34. The van der Waals surface area contributed by atoms with Crippen molar-refractivity contribution in [3.05, 3.63) is 48.0 Å². The van der Waals surface area contributed by atoms with Gasteiger partial charge in [0.1, 0.15) is 16.4 Å². The molecular formula is C20H25NaO5S. The van der Waals surface area contributed by atoms with E-state index in [2.05, 4.69) is 6.92 Å². The zero-order chi connectivity index (χ0) is 19.0. The molecule has 0 radical (unpaired) electrons. The fourth-order valence-corrected chi connectivity index (χ4v) is 3.55. The van der Waals surface area contributed by atoms with E-state index in [-0.39, 0.29) is 40.2 Å². The second-order valence-corrected chi connectivity index (χ2v) is 7.73. The summed E-state index contributed by atoms with van der Waals surface area (Å²) >= 11 is 0. The Hall–Kier alpha value is -1.05. The van der Waals surface area contributed by atoms with E-state index in [9.17, 15) is 18.1 Å². The maximum Gasteiger partial charge on any atom is 1.00 e. The summed E-state index contributed by atoms with van der Waals surface area (Å²) in [5, 5.41) is 11.1. The van der Waals surface area contributed by atoms with Crippen molar-refractivity contribution >= 4 is 10.1 Å². The normalized spacial score (nSPS) is 11.0. The average molecular weight is 400 g/mol. The zero-order valence-electron chi connectivity index (χ0n) is 16.0. The molecule has 0 heterocycles. The molecule has 142 valence electrons. The van der Waals surface area contributed by atoms with Gasteiger partial charge in [-0.3, -0.25) is 4.55 Å². The molecule has 0 aliphatic carbocycles. The first-order valence-corrected chi connectivity index (χ1v) is 10.4. The molecule has 27 heavy (non-hydrogen) atoms. The molecule has 0 aliphatic rings. The molecule has 0 aromatic heterocycles. The number of ether oxygens (including phenoxy) is 1. The van der Waals surface area contributed by atoms with Crippen LogP contribution in [0, 0.1) is 0 Å². The first-order chi connectivity index (χ1) is 12.4. The third kappa shape index (κ3) is 8.23. The van der Waals surface area contributed by atoms with Crippen molar-refractivity contribution in [2.24, 2.45) is 0 Å². The Morgan fingerprint density at radius 2 is 1.52 bits per heavy atom. The van der Waals surface area contributed by atoms with E-state index in [4.69, 9.17) is 4.74 Å². The van der Waals surface area contributed by atoms with Gasteiger partial charge in [0.25, 0.3) is 10.1 Å². The van der Waals surface area contributed by atoms with Crippen molar-refractivity contribution in [2.75, 3.05) is 0 Å². The molecule has 2 rings (SSSR count). The summed E-state index contributed by atoms with van der Waals surface area (Å²) in [4.78, 5) is -0.121. The average Bonchev–Trinajstić information content (AvgIpc) is 2.60. The van der Waals surface area contributed by atoms with Crippen molar-refractivity contribution in [1.82, 2.24) is 0 Å². The van der Waals surface area contributed by atoms with Gasteiger partial charge in [0, 0.05) is 6.07 Å². The Morgan fingerprint density at radius 3 is 2.15 bits per heavy atom. The van der Waals surface area contributed by atoms with Crippen LogP contribution in [0.2, 0.25) is 0 Å². The van der Waals surface area contributed by atoms with Crippen LogP contribution >= 0.6 is 0 Å². The van der Waals surface area contributed by atoms with Gasteiger partial charge in [-0.05, 0) is 36.6 Å². The van der Waals surface area contributed by atoms with Crippen molar-refractivity contribution < 1.29 is 52.4 Å². The topological polar surface area (TPSA) is 86.7 Å².